The minimum atomic E-state index is -0.0768. The second-order valence-electron chi connectivity index (χ2n) is 3.27. The number of rotatable bonds is 5. The molecule has 1 heterocycles. The van der Waals surface area contributed by atoms with Crippen LogP contribution in [0.2, 0.25) is 0 Å². The highest BCUT2D eigenvalue weighted by Crippen LogP contribution is 1.91. The molecule has 0 bridgehead atoms. The van der Waals surface area contributed by atoms with Crippen LogP contribution in [0, 0.1) is 0 Å². The summed E-state index contributed by atoms with van der Waals surface area (Å²) >= 11 is 2.18. The highest BCUT2D eigenvalue weighted by atomic mass is 127. The van der Waals surface area contributed by atoms with Gasteiger partial charge in [-0.15, -0.1) is 0 Å². The molecule has 0 aromatic carbocycles. The van der Waals surface area contributed by atoms with Gasteiger partial charge in [0.15, 0.2) is 0 Å². The van der Waals surface area contributed by atoms with Crippen molar-refractivity contribution in [2.45, 2.75) is 6.42 Å². The maximum Gasteiger partial charge on any atom is 0.306 e. The van der Waals surface area contributed by atoms with Crippen LogP contribution in [-0.4, -0.2) is 49.9 Å². The standard InChI is InChI=1S/C9H16INO3/c10-2-1-9(12)14-8-5-11-3-6-13-7-4-11/h1-8H2/p+1. The van der Waals surface area contributed by atoms with Crippen LogP contribution in [0.15, 0.2) is 0 Å². The minimum Gasteiger partial charge on any atom is -0.460 e. The Bertz CT molecular complexity index is 171. The van der Waals surface area contributed by atoms with Crippen LogP contribution in [-0.2, 0) is 14.3 Å². The topological polar surface area (TPSA) is 40.0 Å². The van der Waals surface area contributed by atoms with Gasteiger partial charge >= 0.3 is 5.97 Å². The molecule has 0 aromatic rings. The Morgan fingerprint density at radius 1 is 1.43 bits per heavy atom. The van der Waals surface area contributed by atoms with E-state index >= 15 is 0 Å². The molecule has 82 valence electrons. The van der Waals surface area contributed by atoms with E-state index in [-0.39, 0.29) is 5.97 Å². The summed E-state index contributed by atoms with van der Waals surface area (Å²) in [5.41, 5.74) is 0. The summed E-state index contributed by atoms with van der Waals surface area (Å²) in [6.07, 6.45) is 0.527. The molecule has 0 amide bonds. The largest absolute Gasteiger partial charge is 0.460 e. The molecule has 0 saturated carbocycles. The summed E-state index contributed by atoms with van der Waals surface area (Å²) in [5, 5.41) is 0. The Kier molecular flexibility index (Phi) is 6.46. The van der Waals surface area contributed by atoms with E-state index in [4.69, 9.17) is 9.47 Å². The third-order valence-corrected chi connectivity index (χ3v) is 2.76. The fourth-order valence-corrected chi connectivity index (χ4v) is 1.81. The average Bonchev–Trinajstić information content (AvgIpc) is 2.20. The summed E-state index contributed by atoms with van der Waals surface area (Å²) < 4.78 is 11.2. The van der Waals surface area contributed by atoms with Crippen LogP contribution >= 0.6 is 22.6 Å². The van der Waals surface area contributed by atoms with E-state index in [0.717, 1.165) is 37.3 Å². The van der Waals surface area contributed by atoms with Gasteiger partial charge in [-0.25, -0.2) is 0 Å². The van der Waals surface area contributed by atoms with Crippen LogP contribution in [0.5, 0.6) is 0 Å². The summed E-state index contributed by atoms with van der Waals surface area (Å²) in [6.45, 7) is 5.18. The first-order valence-corrected chi connectivity index (χ1v) is 6.48. The number of morpholine rings is 1. The van der Waals surface area contributed by atoms with Crippen LogP contribution in [0.1, 0.15) is 6.42 Å². The number of hydrogen-bond donors (Lipinski definition) is 1. The van der Waals surface area contributed by atoms with Gasteiger partial charge in [-0.2, -0.15) is 0 Å². The molecule has 4 nitrogen and oxygen atoms in total. The minimum absolute atomic E-state index is 0.0768. The van der Waals surface area contributed by atoms with Crippen molar-refractivity contribution in [3.63, 3.8) is 0 Å². The zero-order valence-electron chi connectivity index (χ0n) is 8.26. The predicted molar refractivity (Wildman–Crippen MR) is 60.8 cm³/mol. The molecule has 1 N–H and O–H groups in total. The normalized spacial score (nSPS) is 18.1. The molecule has 0 aromatic heterocycles. The number of carbonyl (C=O) groups is 1. The summed E-state index contributed by atoms with van der Waals surface area (Å²) in [6, 6.07) is 0. The second kappa shape index (κ2) is 7.42. The molecule has 1 saturated heterocycles. The molecule has 14 heavy (non-hydrogen) atoms. The Labute approximate surface area is 98.1 Å². The molecule has 0 unspecified atom stereocenters. The van der Waals surface area contributed by atoms with E-state index < -0.39 is 0 Å². The smallest absolute Gasteiger partial charge is 0.306 e. The van der Waals surface area contributed by atoms with Gasteiger partial charge in [0.05, 0.1) is 19.6 Å². The van der Waals surface area contributed by atoms with E-state index in [1.807, 2.05) is 0 Å². The van der Waals surface area contributed by atoms with Crippen molar-refractivity contribution in [2.75, 3.05) is 43.9 Å². The Morgan fingerprint density at radius 3 is 2.79 bits per heavy atom. The van der Waals surface area contributed by atoms with E-state index in [9.17, 15) is 4.79 Å². The monoisotopic (exact) mass is 314 g/mol. The van der Waals surface area contributed by atoms with E-state index in [1.165, 1.54) is 4.90 Å². The molecule has 1 aliphatic heterocycles. The number of carbonyl (C=O) groups excluding carboxylic acids is 1. The lowest BCUT2D eigenvalue weighted by molar-refractivity contribution is -0.908. The lowest BCUT2D eigenvalue weighted by Gasteiger charge is -2.23. The van der Waals surface area contributed by atoms with Gasteiger partial charge in [-0.05, 0) is 0 Å². The molecular formula is C9H17INO3+. The summed E-state index contributed by atoms with van der Waals surface area (Å²) in [4.78, 5) is 12.5. The first-order chi connectivity index (χ1) is 6.83. The SMILES string of the molecule is O=C(CCI)OCC[NH+]1CCOCC1. The number of ether oxygens (including phenoxy) is 2. The maximum absolute atomic E-state index is 11.0. The van der Waals surface area contributed by atoms with E-state index in [0.29, 0.717) is 13.0 Å². The molecule has 0 aliphatic carbocycles. The Morgan fingerprint density at radius 2 is 2.14 bits per heavy atom. The lowest BCUT2D eigenvalue weighted by Crippen LogP contribution is -3.14. The molecule has 1 fully saturated rings. The van der Waals surface area contributed by atoms with Crippen LogP contribution in [0.3, 0.4) is 0 Å². The molecule has 1 rings (SSSR count). The van der Waals surface area contributed by atoms with Crippen molar-refractivity contribution in [1.29, 1.82) is 0 Å². The zero-order chi connectivity index (χ0) is 10.2. The van der Waals surface area contributed by atoms with Crippen molar-refractivity contribution >= 4 is 28.6 Å². The van der Waals surface area contributed by atoms with Crippen molar-refractivity contribution in [3.05, 3.63) is 0 Å². The molecule has 5 heteroatoms. The number of hydrogen-bond acceptors (Lipinski definition) is 3. The number of alkyl halides is 1. The number of quaternary nitrogens is 1. The van der Waals surface area contributed by atoms with Gasteiger partial charge < -0.3 is 14.4 Å². The quantitative estimate of drug-likeness (QED) is 0.413. The van der Waals surface area contributed by atoms with Crippen LogP contribution in [0.4, 0.5) is 0 Å². The molecular weight excluding hydrogens is 297 g/mol. The third-order valence-electron chi connectivity index (χ3n) is 2.22. The van der Waals surface area contributed by atoms with E-state index in [1.54, 1.807) is 0 Å². The molecule has 0 radical (unpaired) electrons. The van der Waals surface area contributed by atoms with Gasteiger partial charge in [0.1, 0.15) is 26.2 Å². The van der Waals surface area contributed by atoms with Crippen LogP contribution in [0.25, 0.3) is 0 Å². The Hall–Kier alpha value is 0.120. The fourth-order valence-electron chi connectivity index (χ4n) is 1.37. The third kappa shape index (κ3) is 5.11. The van der Waals surface area contributed by atoms with Gasteiger partial charge in [0.2, 0.25) is 0 Å². The lowest BCUT2D eigenvalue weighted by atomic mass is 10.4. The van der Waals surface area contributed by atoms with Crippen LogP contribution < -0.4 is 4.90 Å². The molecule has 0 spiro atoms. The molecule has 0 atom stereocenters. The summed E-state index contributed by atoms with van der Waals surface area (Å²) in [7, 11) is 0. The predicted octanol–water partition coefficient (Wildman–Crippen LogP) is -0.730. The van der Waals surface area contributed by atoms with Gasteiger partial charge in [0, 0.05) is 4.43 Å². The number of halogens is 1. The van der Waals surface area contributed by atoms with Gasteiger partial charge in [-0.1, -0.05) is 22.6 Å². The maximum atomic E-state index is 11.0. The number of nitrogens with one attached hydrogen (secondary N) is 1. The van der Waals surface area contributed by atoms with Gasteiger partial charge in [0.25, 0.3) is 0 Å². The number of esters is 1. The van der Waals surface area contributed by atoms with E-state index in [2.05, 4.69) is 22.6 Å². The zero-order valence-corrected chi connectivity index (χ0v) is 10.4. The molecule has 1 aliphatic rings. The van der Waals surface area contributed by atoms with Crippen molar-refractivity contribution in [1.82, 2.24) is 0 Å². The second-order valence-corrected chi connectivity index (χ2v) is 4.35. The fraction of sp³-hybridized carbons (Fsp3) is 0.889. The van der Waals surface area contributed by atoms with Crippen molar-refractivity contribution in [3.8, 4) is 0 Å². The van der Waals surface area contributed by atoms with Crippen molar-refractivity contribution < 1.29 is 19.2 Å². The average molecular weight is 314 g/mol. The van der Waals surface area contributed by atoms with Crippen molar-refractivity contribution in [2.24, 2.45) is 0 Å². The highest BCUT2D eigenvalue weighted by Gasteiger charge is 2.13. The Balaban J connectivity index is 1.99. The highest BCUT2D eigenvalue weighted by molar-refractivity contribution is 14.1. The summed E-state index contributed by atoms with van der Waals surface area (Å²) in [5.74, 6) is -0.0768. The first kappa shape index (κ1) is 12.2. The first-order valence-electron chi connectivity index (χ1n) is 4.96. The van der Waals surface area contributed by atoms with Gasteiger partial charge in [-0.3, -0.25) is 4.79 Å².